The first-order valence-electron chi connectivity index (χ1n) is 8.46. The number of rotatable bonds is 3. The first kappa shape index (κ1) is 17.2. The standard InChI is InChI=1S/C17H25N3O3S/c1-14-4-2-3-5-15(14)12-19-7-9-20(10-8-19)17(21)18-16-6-11-24(22,23)13-16/h2-5,16H,6-13H2,1H3,(H,18,21). The summed E-state index contributed by atoms with van der Waals surface area (Å²) in [5.41, 5.74) is 2.62. The molecule has 6 nitrogen and oxygen atoms in total. The molecule has 0 saturated carbocycles. The molecule has 3 rings (SSSR count). The van der Waals surface area contributed by atoms with Gasteiger partial charge in [-0.1, -0.05) is 24.3 Å². The summed E-state index contributed by atoms with van der Waals surface area (Å²) in [6, 6.07) is 8.01. The van der Waals surface area contributed by atoms with Crippen LogP contribution in [-0.2, 0) is 16.4 Å². The number of carbonyl (C=O) groups excluding carboxylic acids is 1. The summed E-state index contributed by atoms with van der Waals surface area (Å²) in [6.45, 7) is 6.06. The van der Waals surface area contributed by atoms with E-state index >= 15 is 0 Å². The van der Waals surface area contributed by atoms with Crippen molar-refractivity contribution >= 4 is 15.9 Å². The highest BCUT2D eigenvalue weighted by atomic mass is 32.2. The van der Waals surface area contributed by atoms with Crippen LogP contribution in [0.1, 0.15) is 17.5 Å². The summed E-state index contributed by atoms with van der Waals surface area (Å²) in [5.74, 6) is 0.258. The lowest BCUT2D eigenvalue weighted by Gasteiger charge is -2.35. The van der Waals surface area contributed by atoms with E-state index in [4.69, 9.17) is 0 Å². The van der Waals surface area contributed by atoms with Gasteiger partial charge in [-0.2, -0.15) is 0 Å². The van der Waals surface area contributed by atoms with Crippen molar-refractivity contribution in [2.45, 2.75) is 25.9 Å². The maximum Gasteiger partial charge on any atom is 0.317 e. The summed E-state index contributed by atoms with van der Waals surface area (Å²) in [7, 11) is -2.96. The summed E-state index contributed by atoms with van der Waals surface area (Å²) in [6.07, 6.45) is 0.529. The molecule has 0 bridgehead atoms. The van der Waals surface area contributed by atoms with Crippen LogP contribution >= 0.6 is 0 Å². The molecule has 2 saturated heterocycles. The third-order valence-corrected chi connectivity index (χ3v) is 6.64. The van der Waals surface area contributed by atoms with Gasteiger partial charge in [0.25, 0.3) is 0 Å². The molecule has 0 spiro atoms. The molecule has 0 aliphatic carbocycles. The molecule has 24 heavy (non-hydrogen) atoms. The predicted molar refractivity (Wildman–Crippen MR) is 93.6 cm³/mol. The van der Waals surface area contributed by atoms with Crippen molar-refractivity contribution < 1.29 is 13.2 Å². The van der Waals surface area contributed by atoms with Gasteiger partial charge in [-0.3, -0.25) is 4.90 Å². The van der Waals surface area contributed by atoms with Crippen LogP contribution in [0.4, 0.5) is 4.79 Å². The molecule has 1 aromatic carbocycles. The Balaban J connectivity index is 1.46. The molecule has 7 heteroatoms. The van der Waals surface area contributed by atoms with Crippen LogP contribution in [0, 0.1) is 6.92 Å². The van der Waals surface area contributed by atoms with Gasteiger partial charge in [0.1, 0.15) is 0 Å². The Morgan fingerprint density at radius 2 is 1.92 bits per heavy atom. The average Bonchev–Trinajstić information content (AvgIpc) is 2.89. The van der Waals surface area contributed by atoms with Gasteiger partial charge in [0, 0.05) is 38.8 Å². The molecule has 0 radical (unpaired) electrons. The van der Waals surface area contributed by atoms with Gasteiger partial charge in [-0.25, -0.2) is 13.2 Å². The number of nitrogens with one attached hydrogen (secondary N) is 1. The second kappa shape index (κ2) is 7.11. The minimum Gasteiger partial charge on any atom is -0.334 e. The van der Waals surface area contributed by atoms with Gasteiger partial charge in [0.05, 0.1) is 11.5 Å². The molecule has 132 valence electrons. The number of benzene rings is 1. The number of hydrogen-bond acceptors (Lipinski definition) is 4. The highest BCUT2D eigenvalue weighted by Crippen LogP contribution is 2.14. The van der Waals surface area contributed by atoms with Crippen molar-refractivity contribution in [1.82, 2.24) is 15.1 Å². The fourth-order valence-corrected chi connectivity index (χ4v) is 4.99. The Bertz CT molecular complexity index is 697. The topological polar surface area (TPSA) is 69.7 Å². The molecule has 0 aromatic heterocycles. The van der Waals surface area contributed by atoms with Crippen LogP contribution in [0.25, 0.3) is 0 Å². The lowest BCUT2D eigenvalue weighted by molar-refractivity contribution is 0.133. The molecule has 1 atom stereocenters. The van der Waals surface area contributed by atoms with Gasteiger partial charge >= 0.3 is 6.03 Å². The monoisotopic (exact) mass is 351 g/mol. The smallest absolute Gasteiger partial charge is 0.317 e. The molecule has 2 heterocycles. The van der Waals surface area contributed by atoms with Crippen molar-refractivity contribution in [3.8, 4) is 0 Å². The molecular weight excluding hydrogens is 326 g/mol. The Morgan fingerprint density at radius 1 is 1.21 bits per heavy atom. The zero-order chi connectivity index (χ0) is 17.2. The average molecular weight is 351 g/mol. The fraction of sp³-hybridized carbons (Fsp3) is 0.588. The van der Waals surface area contributed by atoms with E-state index in [1.165, 1.54) is 11.1 Å². The molecule has 2 aliphatic heterocycles. The van der Waals surface area contributed by atoms with E-state index < -0.39 is 9.84 Å². The summed E-state index contributed by atoms with van der Waals surface area (Å²) < 4.78 is 22.9. The number of piperazine rings is 1. The molecule has 2 fully saturated rings. The minimum atomic E-state index is -2.96. The zero-order valence-electron chi connectivity index (χ0n) is 14.1. The van der Waals surface area contributed by atoms with E-state index in [9.17, 15) is 13.2 Å². The second-order valence-corrected chi connectivity index (χ2v) is 8.97. The SMILES string of the molecule is Cc1ccccc1CN1CCN(C(=O)NC2CCS(=O)(=O)C2)CC1. The normalized spacial score (nSPS) is 24.0. The van der Waals surface area contributed by atoms with Crippen LogP contribution in [0.3, 0.4) is 0 Å². The lowest BCUT2D eigenvalue weighted by Crippen LogP contribution is -2.53. The number of nitrogens with zero attached hydrogens (tertiary/aromatic N) is 2. The Hall–Kier alpha value is -1.60. The van der Waals surface area contributed by atoms with E-state index in [1.54, 1.807) is 4.90 Å². The number of hydrogen-bond donors (Lipinski definition) is 1. The van der Waals surface area contributed by atoms with E-state index in [0.717, 1.165) is 19.6 Å². The van der Waals surface area contributed by atoms with Gasteiger partial charge in [-0.15, -0.1) is 0 Å². The maximum absolute atomic E-state index is 12.3. The van der Waals surface area contributed by atoms with Crippen LogP contribution in [0.2, 0.25) is 0 Å². The number of sulfone groups is 1. The van der Waals surface area contributed by atoms with E-state index in [-0.39, 0.29) is 23.6 Å². The maximum atomic E-state index is 12.3. The van der Waals surface area contributed by atoms with Crippen LogP contribution in [0.5, 0.6) is 0 Å². The molecular formula is C17H25N3O3S. The van der Waals surface area contributed by atoms with Crippen molar-refractivity contribution in [2.24, 2.45) is 0 Å². The number of urea groups is 1. The Morgan fingerprint density at radius 3 is 2.54 bits per heavy atom. The summed E-state index contributed by atoms with van der Waals surface area (Å²) >= 11 is 0. The van der Waals surface area contributed by atoms with Gasteiger partial charge in [0.2, 0.25) is 0 Å². The molecule has 1 unspecified atom stereocenters. The van der Waals surface area contributed by atoms with Crippen LogP contribution in [-0.4, -0.2) is 68.0 Å². The quantitative estimate of drug-likeness (QED) is 0.882. The summed E-state index contributed by atoms with van der Waals surface area (Å²) in [4.78, 5) is 16.4. The second-order valence-electron chi connectivity index (χ2n) is 6.74. The molecule has 1 N–H and O–H groups in total. The lowest BCUT2D eigenvalue weighted by atomic mass is 10.1. The van der Waals surface area contributed by atoms with Gasteiger partial charge < -0.3 is 10.2 Å². The first-order valence-corrected chi connectivity index (χ1v) is 10.3. The van der Waals surface area contributed by atoms with Crippen LogP contribution < -0.4 is 5.32 Å². The van der Waals surface area contributed by atoms with Crippen molar-refractivity contribution in [3.05, 3.63) is 35.4 Å². The van der Waals surface area contributed by atoms with Crippen molar-refractivity contribution in [1.29, 1.82) is 0 Å². The third-order valence-electron chi connectivity index (χ3n) is 4.87. The number of carbonyl (C=O) groups is 1. The fourth-order valence-electron chi connectivity index (χ4n) is 3.31. The molecule has 2 aliphatic rings. The summed E-state index contributed by atoms with van der Waals surface area (Å²) in [5, 5.41) is 2.87. The van der Waals surface area contributed by atoms with Crippen molar-refractivity contribution in [3.63, 3.8) is 0 Å². The Kier molecular flexibility index (Phi) is 5.10. The van der Waals surface area contributed by atoms with Gasteiger partial charge in [0.15, 0.2) is 9.84 Å². The van der Waals surface area contributed by atoms with E-state index in [0.29, 0.717) is 19.5 Å². The highest BCUT2D eigenvalue weighted by molar-refractivity contribution is 7.91. The Labute approximate surface area is 143 Å². The minimum absolute atomic E-state index is 0.0754. The third kappa shape index (κ3) is 4.27. The number of amides is 2. The first-order chi connectivity index (χ1) is 11.4. The highest BCUT2D eigenvalue weighted by Gasteiger charge is 2.30. The van der Waals surface area contributed by atoms with Crippen LogP contribution in [0.15, 0.2) is 24.3 Å². The molecule has 1 aromatic rings. The van der Waals surface area contributed by atoms with Crippen molar-refractivity contribution in [2.75, 3.05) is 37.7 Å². The predicted octanol–water partition coefficient (Wildman–Crippen LogP) is 1.01. The van der Waals surface area contributed by atoms with E-state index in [2.05, 4.69) is 35.3 Å². The zero-order valence-corrected chi connectivity index (χ0v) is 14.9. The largest absolute Gasteiger partial charge is 0.334 e. The number of aryl methyl sites for hydroxylation is 1. The molecule has 2 amide bonds. The van der Waals surface area contributed by atoms with Gasteiger partial charge in [-0.05, 0) is 24.5 Å². The van der Waals surface area contributed by atoms with E-state index in [1.807, 2.05) is 6.07 Å².